The van der Waals surface area contributed by atoms with Crippen LogP contribution in [0.15, 0.2) is 12.1 Å². The van der Waals surface area contributed by atoms with Gasteiger partial charge in [-0.3, -0.25) is 9.69 Å². The third-order valence-corrected chi connectivity index (χ3v) is 4.75. The van der Waals surface area contributed by atoms with Crippen molar-refractivity contribution in [1.82, 2.24) is 4.90 Å². The van der Waals surface area contributed by atoms with E-state index in [4.69, 9.17) is 28.9 Å². The van der Waals surface area contributed by atoms with Crippen LogP contribution in [0, 0.1) is 0 Å². The number of benzene rings is 1. The number of anilines is 2. The number of halogens is 2. The largest absolute Gasteiger partial charge is 0.399 e. The van der Waals surface area contributed by atoms with E-state index in [0.717, 1.165) is 18.8 Å². The molecule has 1 aliphatic heterocycles. The number of hydrogen-bond donors (Lipinski definition) is 2. The Morgan fingerprint density at radius 2 is 2.15 bits per heavy atom. The van der Waals surface area contributed by atoms with Crippen LogP contribution in [0.1, 0.15) is 6.92 Å². The van der Waals surface area contributed by atoms with Gasteiger partial charge in [-0.1, -0.05) is 30.1 Å². The van der Waals surface area contributed by atoms with Crippen molar-refractivity contribution < 1.29 is 4.79 Å². The molecule has 4 nitrogen and oxygen atoms in total. The lowest BCUT2D eigenvalue weighted by Gasteiger charge is -2.29. The lowest BCUT2D eigenvalue weighted by atomic mass is 10.2. The lowest BCUT2D eigenvalue weighted by Crippen LogP contribution is -2.41. The zero-order chi connectivity index (χ0) is 14.7. The van der Waals surface area contributed by atoms with Gasteiger partial charge in [0.1, 0.15) is 0 Å². The molecule has 110 valence electrons. The molecule has 3 N–H and O–H groups in total. The Morgan fingerprint density at radius 1 is 1.50 bits per heavy atom. The van der Waals surface area contributed by atoms with Crippen molar-refractivity contribution in [3.63, 3.8) is 0 Å². The third kappa shape index (κ3) is 4.19. The maximum atomic E-state index is 12.1. The molecule has 0 radical (unpaired) electrons. The zero-order valence-electron chi connectivity index (χ0n) is 11.2. The second-order valence-corrected chi connectivity index (χ2v) is 7.18. The number of nitrogen functional groups attached to an aromatic ring is 1. The van der Waals surface area contributed by atoms with Gasteiger partial charge in [-0.15, -0.1) is 0 Å². The zero-order valence-corrected chi connectivity index (χ0v) is 13.5. The molecule has 1 aliphatic rings. The van der Waals surface area contributed by atoms with E-state index in [1.807, 2.05) is 11.8 Å². The molecule has 1 heterocycles. The minimum atomic E-state index is -0.113. The molecule has 1 unspecified atom stereocenters. The van der Waals surface area contributed by atoms with E-state index >= 15 is 0 Å². The maximum absolute atomic E-state index is 12.1. The van der Waals surface area contributed by atoms with Crippen LogP contribution in [0.5, 0.6) is 0 Å². The maximum Gasteiger partial charge on any atom is 0.238 e. The monoisotopic (exact) mass is 333 g/mol. The Labute approximate surface area is 133 Å². The Bertz CT molecular complexity index is 489. The smallest absolute Gasteiger partial charge is 0.238 e. The minimum Gasteiger partial charge on any atom is -0.399 e. The summed E-state index contributed by atoms with van der Waals surface area (Å²) in [4.78, 5) is 14.2. The summed E-state index contributed by atoms with van der Waals surface area (Å²) in [5.74, 6) is 0.940. The number of carbonyl (C=O) groups is 1. The van der Waals surface area contributed by atoms with Gasteiger partial charge >= 0.3 is 0 Å². The average Bonchev–Trinajstić information content (AvgIpc) is 2.33. The molecule has 1 saturated heterocycles. The van der Waals surface area contributed by atoms with Crippen LogP contribution >= 0.6 is 35.0 Å². The van der Waals surface area contributed by atoms with E-state index < -0.39 is 0 Å². The summed E-state index contributed by atoms with van der Waals surface area (Å²) in [5, 5.41) is 4.02. The van der Waals surface area contributed by atoms with E-state index in [-0.39, 0.29) is 5.91 Å². The van der Waals surface area contributed by atoms with Gasteiger partial charge in [-0.05, 0) is 12.1 Å². The van der Waals surface area contributed by atoms with Gasteiger partial charge < -0.3 is 11.1 Å². The van der Waals surface area contributed by atoms with Crippen LogP contribution in [0.4, 0.5) is 11.4 Å². The molecule has 0 saturated carbocycles. The fourth-order valence-electron chi connectivity index (χ4n) is 2.13. The molecule has 2 rings (SSSR count). The summed E-state index contributed by atoms with van der Waals surface area (Å²) >= 11 is 14.0. The van der Waals surface area contributed by atoms with Gasteiger partial charge in [0.15, 0.2) is 0 Å². The van der Waals surface area contributed by atoms with Gasteiger partial charge in [0.05, 0.1) is 22.3 Å². The molecule has 0 bridgehead atoms. The van der Waals surface area contributed by atoms with Gasteiger partial charge in [-0.25, -0.2) is 0 Å². The molecule has 1 aromatic carbocycles. The normalized spacial score (nSPS) is 19.9. The Balaban J connectivity index is 1.98. The number of nitrogens with one attached hydrogen (secondary N) is 1. The van der Waals surface area contributed by atoms with Crippen molar-refractivity contribution in [2.24, 2.45) is 0 Å². The number of thioether (sulfide) groups is 1. The van der Waals surface area contributed by atoms with E-state index in [2.05, 4.69) is 17.1 Å². The second kappa shape index (κ2) is 6.89. The first-order valence-corrected chi connectivity index (χ1v) is 8.14. The molecule has 20 heavy (non-hydrogen) atoms. The van der Waals surface area contributed by atoms with Gasteiger partial charge in [0.25, 0.3) is 0 Å². The summed E-state index contributed by atoms with van der Waals surface area (Å²) in [6, 6.07) is 3.14. The van der Waals surface area contributed by atoms with Crippen molar-refractivity contribution in [2.75, 3.05) is 36.4 Å². The molecule has 1 aromatic rings. The highest BCUT2D eigenvalue weighted by Crippen LogP contribution is 2.32. The van der Waals surface area contributed by atoms with Crippen LogP contribution < -0.4 is 11.1 Å². The number of amides is 1. The predicted molar refractivity (Wildman–Crippen MR) is 87.9 cm³/mol. The Morgan fingerprint density at radius 3 is 2.75 bits per heavy atom. The summed E-state index contributed by atoms with van der Waals surface area (Å²) < 4.78 is 0. The first-order chi connectivity index (χ1) is 9.45. The van der Waals surface area contributed by atoms with E-state index in [1.165, 1.54) is 0 Å². The number of rotatable bonds is 3. The number of hydrogen-bond acceptors (Lipinski definition) is 4. The van der Waals surface area contributed by atoms with E-state index in [1.54, 1.807) is 12.1 Å². The fraction of sp³-hybridized carbons (Fsp3) is 0.462. The third-order valence-electron chi connectivity index (χ3n) is 3.02. The summed E-state index contributed by atoms with van der Waals surface area (Å²) in [6.45, 7) is 4.36. The highest BCUT2D eigenvalue weighted by atomic mass is 35.5. The SMILES string of the molecule is CC1CN(CC(=O)Nc2c(Cl)cc(N)cc2Cl)CCS1. The van der Waals surface area contributed by atoms with Crippen molar-refractivity contribution in [3.8, 4) is 0 Å². The highest BCUT2D eigenvalue weighted by molar-refractivity contribution is 7.99. The Hall–Kier alpha value is -0.620. The molecule has 0 aromatic heterocycles. The predicted octanol–water partition coefficient (Wildman–Crippen LogP) is 2.95. The number of nitrogens with zero attached hydrogens (tertiary/aromatic N) is 1. The van der Waals surface area contributed by atoms with Crippen LogP contribution in [-0.4, -0.2) is 41.4 Å². The van der Waals surface area contributed by atoms with Crippen LogP contribution in [0.3, 0.4) is 0 Å². The van der Waals surface area contributed by atoms with Gasteiger partial charge in [-0.2, -0.15) is 11.8 Å². The van der Waals surface area contributed by atoms with Gasteiger partial charge in [0.2, 0.25) is 5.91 Å². The number of nitrogens with two attached hydrogens (primary N) is 1. The van der Waals surface area contributed by atoms with E-state index in [9.17, 15) is 4.79 Å². The van der Waals surface area contributed by atoms with Crippen molar-refractivity contribution in [3.05, 3.63) is 22.2 Å². The average molecular weight is 334 g/mol. The molecule has 0 aliphatic carbocycles. The molecular weight excluding hydrogens is 317 g/mol. The van der Waals surface area contributed by atoms with Crippen molar-refractivity contribution >= 4 is 52.2 Å². The molecule has 1 amide bonds. The first kappa shape index (κ1) is 15.8. The summed E-state index contributed by atoms with van der Waals surface area (Å²) in [6.07, 6.45) is 0. The molecule has 0 spiro atoms. The van der Waals surface area contributed by atoms with Crippen LogP contribution in [-0.2, 0) is 4.79 Å². The van der Waals surface area contributed by atoms with Crippen molar-refractivity contribution in [2.45, 2.75) is 12.2 Å². The highest BCUT2D eigenvalue weighted by Gasteiger charge is 2.19. The fourth-order valence-corrected chi connectivity index (χ4v) is 3.81. The van der Waals surface area contributed by atoms with Crippen LogP contribution in [0.2, 0.25) is 10.0 Å². The second-order valence-electron chi connectivity index (χ2n) is 4.82. The Kier molecular flexibility index (Phi) is 5.43. The van der Waals surface area contributed by atoms with Crippen molar-refractivity contribution in [1.29, 1.82) is 0 Å². The first-order valence-electron chi connectivity index (χ1n) is 6.34. The topological polar surface area (TPSA) is 58.4 Å². The molecule has 7 heteroatoms. The standard InChI is InChI=1S/C13H17Cl2N3OS/c1-8-6-18(2-3-20-8)7-12(19)17-13-10(14)4-9(16)5-11(13)15/h4-5,8H,2-3,6-7,16H2,1H3,(H,17,19). The summed E-state index contributed by atoms with van der Waals surface area (Å²) in [5.41, 5.74) is 6.53. The van der Waals surface area contributed by atoms with E-state index in [0.29, 0.717) is 33.2 Å². The van der Waals surface area contributed by atoms with Gasteiger partial charge in [0, 0.05) is 29.8 Å². The number of carbonyl (C=O) groups excluding carboxylic acids is 1. The molecular formula is C13H17Cl2N3OS. The molecule has 1 fully saturated rings. The minimum absolute atomic E-state index is 0.113. The lowest BCUT2D eigenvalue weighted by molar-refractivity contribution is -0.117. The summed E-state index contributed by atoms with van der Waals surface area (Å²) in [7, 11) is 0. The molecule has 1 atom stereocenters. The quantitative estimate of drug-likeness (QED) is 0.835. The van der Waals surface area contributed by atoms with Crippen LogP contribution in [0.25, 0.3) is 0 Å².